The van der Waals surface area contributed by atoms with E-state index in [0.717, 1.165) is 16.7 Å². The number of aryl methyl sites for hydroxylation is 1. The zero-order chi connectivity index (χ0) is 17.9. The summed E-state index contributed by atoms with van der Waals surface area (Å²) in [5.74, 6) is -0.954. The summed E-state index contributed by atoms with van der Waals surface area (Å²) in [6.45, 7) is 7.26. The van der Waals surface area contributed by atoms with E-state index in [1.54, 1.807) is 45.0 Å². The molecule has 0 aliphatic rings. The standard InChI is InChI=1S/C19H21NO4/c1-12-10-14(17(21)22)8-9-16(12)13-6-5-7-15(11-13)20-18(23)24-19(2,3)4/h5-11H,1-4H3,(H,20,23)(H,21,22). The highest BCUT2D eigenvalue weighted by molar-refractivity contribution is 5.89. The molecule has 126 valence electrons. The lowest BCUT2D eigenvalue weighted by atomic mass is 9.98. The summed E-state index contributed by atoms with van der Waals surface area (Å²) in [5.41, 5.74) is 2.95. The molecule has 2 aromatic carbocycles. The van der Waals surface area contributed by atoms with E-state index in [2.05, 4.69) is 5.32 Å². The molecule has 0 fully saturated rings. The number of carboxylic acid groups (broad SMARTS) is 1. The second kappa shape index (κ2) is 6.74. The van der Waals surface area contributed by atoms with E-state index >= 15 is 0 Å². The number of benzene rings is 2. The summed E-state index contributed by atoms with van der Waals surface area (Å²) >= 11 is 0. The number of rotatable bonds is 3. The third-order valence-corrected chi connectivity index (χ3v) is 3.29. The van der Waals surface area contributed by atoms with Crippen LogP contribution < -0.4 is 5.32 Å². The SMILES string of the molecule is Cc1cc(C(=O)O)ccc1-c1cccc(NC(=O)OC(C)(C)C)c1. The predicted octanol–water partition coefficient (Wildman–Crippen LogP) is 4.71. The molecule has 0 aliphatic carbocycles. The molecule has 2 rings (SSSR count). The minimum absolute atomic E-state index is 0.249. The van der Waals surface area contributed by atoms with Gasteiger partial charge in [-0.25, -0.2) is 9.59 Å². The molecule has 0 bridgehead atoms. The van der Waals surface area contributed by atoms with Gasteiger partial charge in [0.1, 0.15) is 5.60 Å². The summed E-state index contributed by atoms with van der Waals surface area (Å²) in [7, 11) is 0. The van der Waals surface area contributed by atoms with Crippen molar-refractivity contribution in [1.29, 1.82) is 0 Å². The lowest BCUT2D eigenvalue weighted by Gasteiger charge is -2.19. The predicted molar refractivity (Wildman–Crippen MR) is 93.4 cm³/mol. The van der Waals surface area contributed by atoms with Crippen molar-refractivity contribution in [3.63, 3.8) is 0 Å². The van der Waals surface area contributed by atoms with Crippen molar-refractivity contribution in [3.05, 3.63) is 53.6 Å². The topological polar surface area (TPSA) is 75.6 Å². The molecule has 24 heavy (non-hydrogen) atoms. The van der Waals surface area contributed by atoms with Crippen LogP contribution in [0.4, 0.5) is 10.5 Å². The lowest BCUT2D eigenvalue weighted by Crippen LogP contribution is -2.27. The van der Waals surface area contributed by atoms with Crippen molar-refractivity contribution >= 4 is 17.7 Å². The molecular weight excluding hydrogens is 306 g/mol. The molecule has 0 aliphatic heterocycles. The zero-order valence-electron chi connectivity index (χ0n) is 14.2. The molecule has 2 N–H and O–H groups in total. The van der Waals surface area contributed by atoms with E-state index in [1.165, 1.54) is 0 Å². The Labute approximate surface area is 141 Å². The van der Waals surface area contributed by atoms with Gasteiger partial charge in [0, 0.05) is 5.69 Å². The largest absolute Gasteiger partial charge is 0.478 e. The average Bonchev–Trinajstić information content (AvgIpc) is 2.45. The summed E-state index contributed by atoms with van der Waals surface area (Å²) in [4.78, 5) is 22.9. The Bertz CT molecular complexity index is 775. The number of ether oxygens (including phenoxy) is 1. The Kier molecular flexibility index (Phi) is 4.93. The fourth-order valence-corrected chi connectivity index (χ4v) is 2.31. The van der Waals surface area contributed by atoms with Crippen LogP contribution in [0.15, 0.2) is 42.5 Å². The van der Waals surface area contributed by atoms with Crippen molar-refractivity contribution in [2.24, 2.45) is 0 Å². The number of carbonyl (C=O) groups is 2. The maximum absolute atomic E-state index is 11.9. The van der Waals surface area contributed by atoms with Crippen LogP contribution in [0.3, 0.4) is 0 Å². The van der Waals surface area contributed by atoms with Crippen LogP contribution in [-0.2, 0) is 4.74 Å². The maximum atomic E-state index is 11.9. The van der Waals surface area contributed by atoms with Crippen molar-refractivity contribution in [1.82, 2.24) is 0 Å². The molecule has 0 saturated heterocycles. The highest BCUT2D eigenvalue weighted by Gasteiger charge is 2.16. The number of hydrogen-bond donors (Lipinski definition) is 2. The average molecular weight is 327 g/mol. The Morgan fingerprint density at radius 3 is 2.38 bits per heavy atom. The molecule has 5 nitrogen and oxygen atoms in total. The Morgan fingerprint density at radius 1 is 1.08 bits per heavy atom. The first-order chi connectivity index (χ1) is 11.2. The fraction of sp³-hybridized carbons (Fsp3) is 0.263. The van der Waals surface area contributed by atoms with Gasteiger partial charge in [-0.1, -0.05) is 18.2 Å². The molecule has 0 atom stereocenters. The number of aromatic carboxylic acids is 1. The Morgan fingerprint density at radius 2 is 1.79 bits per heavy atom. The third-order valence-electron chi connectivity index (χ3n) is 3.29. The molecule has 2 aromatic rings. The minimum atomic E-state index is -0.954. The van der Waals surface area contributed by atoms with Crippen LogP contribution in [0.2, 0.25) is 0 Å². The molecule has 5 heteroatoms. The molecule has 0 unspecified atom stereocenters. The van der Waals surface area contributed by atoms with E-state index in [-0.39, 0.29) is 5.56 Å². The van der Waals surface area contributed by atoms with Crippen LogP contribution in [0, 0.1) is 6.92 Å². The van der Waals surface area contributed by atoms with E-state index in [9.17, 15) is 9.59 Å². The Hall–Kier alpha value is -2.82. The molecule has 1 amide bonds. The van der Waals surface area contributed by atoms with Crippen LogP contribution in [0.25, 0.3) is 11.1 Å². The lowest BCUT2D eigenvalue weighted by molar-refractivity contribution is 0.0634. The molecular formula is C19H21NO4. The minimum Gasteiger partial charge on any atom is -0.478 e. The van der Waals surface area contributed by atoms with Gasteiger partial charge in [0.25, 0.3) is 0 Å². The van der Waals surface area contributed by atoms with E-state index < -0.39 is 17.7 Å². The highest BCUT2D eigenvalue weighted by Crippen LogP contribution is 2.27. The van der Waals surface area contributed by atoms with Crippen LogP contribution in [0.1, 0.15) is 36.7 Å². The smallest absolute Gasteiger partial charge is 0.412 e. The fourth-order valence-electron chi connectivity index (χ4n) is 2.31. The van der Waals surface area contributed by atoms with Gasteiger partial charge in [0.05, 0.1) is 5.56 Å². The Balaban J connectivity index is 2.25. The first kappa shape index (κ1) is 17.5. The summed E-state index contributed by atoms with van der Waals surface area (Å²) < 4.78 is 5.24. The molecule has 0 aromatic heterocycles. The van der Waals surface area contributed by atoms with Gasteiger partial charge in [-0.15, -0.1) is 0 Å². The van der Waals surface area contributed by atoms with Crippen LogP contribution >= 0.6 is 0 Å². The number of amides is 1. The van der Waals surface area contributed by atoms with Gasteiger partial charge < -0.3 is 9.84 Å². The third kappa shape index (κ3) is 4.59. The van der Waals surface area contributed by atoms with E-state index in [0.29, 0.717) is 5.69 Å². The second-order valence-corrected chi connectivity index (χ2v) is 6.54. The summed E-state index contributed by atoms with van der Waals surface area (Å²) in [6, 6.07) is 12.3. The zero-order valence-corrected chi connectivity index (χ0v) is 14.2. The van der Waals surface area contributed by atoms with E-state index in [1.807, 2.05) is 25.1 Å². The van der Waals surface area contributed by atoms with Crippen LogP contribution in [-0.4, -0.2) is 22.8 Å². The molecule has 0 heterocycles. The molecule has 0 spiro atoms. The number of nitrogens with one attached hydrogen (secondary N) is 1. The number of carboxylic acids is 1. The second-order valence-electron chi connectivity index (χ2n) is 6.54. The van der Waals surface area contributed by atoms with Gasteiger partial charge in [0.15, 0.2) is 0 Å². The van der Waals surface area contributed by atoms with Gasteiger partial charge in [0.2, 0.25) is 0 Å². The first-order valence-corrected chi connectivity index (χ1v) is 7.60. The molecule has 0 radical (unpaired) electrons. The quantitative estimate of drug-likeness (QED) is 0.856. The first-order valence-electron chi connectivity index (χ1n) is 7.60. The van der Waals surface area contributed by atoms with Gasteiger partial charge in [-0.05, 0) is 68.7 Å². The van der Waals surface area contributed by atoms with Crippen molar-refractivity contribution < 1.29 is 19.4 Å². The number of hydrogen-bond acceptors (Lipinski definition) is 3. The van der Waals surface area contributed by atoms with Crippen molar-refractivity contribution in [2.75, 3.05) is 5.32 Å². The number of carbonyl (C=O) groups excluding carboxylic acids is 1. The van der Waals surface area contributed by atoms with E-state index in [4.69, 9.17) is 9.84 Å². The maximum Gasteiger partial charge on any atom is 0.412 e. The van der Waals surface area contributed by atoms with Crippen molar-refractivity contribution in [2.45, 2.75) is 33.3 Å². The van der Waals surface area contributed by atoms with Gasteiger partial charge in [-0.3, -0.25) is 5.32 Å². The van der Waals surface area contributed by atoms with Gasteiger partial charge in [-0.2, -0.15) is 0 Å². The van der Waals surface area contributed by atoms with Crippen LogP contribution in [0.5, 0.6) is 0 Å². The summed E-state index contributed by atoms with van der Waals surface area (Å²) in [5, 5.41) is 11.7. The van der Waals surface area contributed by atoms with Gasteiger partial charge >= 0.3 is 12.1 Å². The monoisotopic (exact) mass is 327 g/mol. The van der Waals surface area contributed by atoms with Crippen molar-refractivity contribution in [3.8, 4) is 11.1 Å². The highest BCUT2D eigenvalue weighted by atomic mass is 16.6. The summed E-state index contributed by atoms with van der Waals surface area (Å²) in [6.07, 6.45) is -0.516. The number of anilines is 1. The normalized spacial score (nSPS) is 11.0. The molecule has 0 saturated carbocycles.